The molecule has 4 aliphatic carbocycles. The van der Waals surface area contributed by atoms with Gasteiger partial charge in [0, 0.05) is 6.42 Å². The molecule has 4 saturated carbocycles. The molecule has 0 spiro atoms. The summed E-state index contributed by atoms with van der Waals surface area (Å²) in [6, 6.07) is 0. The van der Waals surface area contributed by atoms with Crippen molar-refractivity contribution in [1.82, 2.24) is 0 Å². The molecule has 0 radical (unpaired) electrons. The highest BCUT2D eigenvalue weighted by Crippen LogP contribution is 2.68. The van der Waals surface area contributed by atoms with Crippen molar-refractivity contribution in [2.75, 3.05) is 7.11 Å². The molecule has 0 bridgehead atoms. The maximum Gasteiger partial charge on any atom is 0.305 e. The first-order valence-electron chi connectivity index (χ1n) is 12.2. The van der Waals surface area contributed by atoms with Crippen LogP contribution < -0.4 is 0 Å². The molecule has 0 saturated heterocycles. The second-order valence-electron chi connectivity index (χ2n) is 11.5. The summed E-state index contributed by atoms with van der Waals surface area (Å²) >= 11 is 0. The van der Waals surface area contributed by atoms with Gasteiger partial charge in [-0.25, -0.2) is 0 Å². The highest BCUT2D eigenvalue weighted by molar-refractivity contribution is 5.69. The van der Waals surface area contributed by atoms with E-state index in [4.69, 9.17) is 4.74 Å². The molecule has 0 aromatic carbocycles. The summed E-state index contributed by atoms with van der Waals surface area (Å²) in [5, 5.41) is 21.0. The van der Waals surface area contributed by atoms with Crippen LogP contribution in [0.2, 0.25) is 0 Å². The van der Waals surface area contributed by atoms with E-state index in [-0.39, 0.29) is 17.3 Å². The van der Waals surface area contributed by atoms with Crippen LogP contribution in [0.1, 0.15) is 85.0 Å². The first-order chi connectivity index (χ1) is 13.7. The summed E-state index contributed by atoms with van der Waals surface area (Å²) in [6.45, 7) is 7.33. The fourth-order valence-corrected chi connectivity index (χ4v) is 8.94. The van der Waals surface area contributed by atoms with Crippen LogP contribution in [0.3, 0.4) is 0 Å². The molecule has 0 aliphatic heterocycles. The van der Waals surface area contributed by atoms with Crippen LogP contribution in [-0.2, 0) is 9.53 Å². The number of aliphatic hydroxyl groups excluding tert-OH is 2. The van der Waals surface area contributed by atoms with Gasteiger partial charge in [-0.2, -0.15) is 0 Å². The van der Waals surface area contributed by atoms with Crippen molar-refractivity contribution in [3.63, 3.8) is 0 Å². The molecule has 10 atom stereocenters. The minimum absolute atomic E-state index is 0.0791. The molecule has 0 unspecified atom stereocenters. The lowest BCUT2D eigenvalue weighted by Gasteiger charge is -2.62. The average Bonchev–Trinajstić information content (AvgIpc) is 3.06. The molecule has 0 aromatic rings. The molecule has 166 valence electrons. The second-order valence-corrected chi connectivity index (χ2v) is 11.5. The Kier molecular flexibility index (Phi) is 5.83. The number of esters is 1. The lowest BCUT2D eigenvalue weighted by Crippen LogP contribution is -2.58. The molecule has 29 heavy (non-hydrogen) atoms. The molecule has 0 heterocycles. The number of carbonyl (C=O) groups is 1. The van der Waals surface area contributed by atoms with E-state index in [2.05, 4.69) is 20.8 Å². The molecule has 4 heteroatoms. The summed E-state index contributed by atoms with van der Waals surface area (Å²) in [4.78, 5) is 11.6. The molecule has 4 nitrogen and oxygen atoms in total. The zero-order valence-corrected chi connectivity index (χ0v) is 18.9. The van der Waals surface area contributed by atoms with Crippen molar-refractivity contribution in [1.29, 1.82) is 0 Å². The number of methoxy groups -OCH3 is 1. The maximum atomic E-state index is 11.6. The van der Waals surface area contributed by atoms with Crippen LogP contribution >= 0.6 is 0 Å². The molecular weight excluding hydrogens is 364 g/mol. The van der Waals surface area contributed by atoms with E-state index >= 15 is 0 Å². The Morgan fingerprint density at radius 2 is 1.62 bits per heavy atom. The Labute approximate surface area is 176 Å². The number of ether oxygens (including phenoxy) is 1. The van der Waals surface area contributed by atoms with Crippen LogP contribution in [0.15, 0.2) is 0 Å². The molecule has 0 aromatic heterocycles. The number of fused-ring (bicyclic) bond motifs is 5. The van der Waals surface area contributed by atoms with Gasteiger partial charge in [0.25, 0.3) is 0 Å². The summed E-state index contributed by atoms with van der Waals surface area (Å²) < 4.78 is 4.87. The zero-order chi connectivity index (χ0) is 21.0. The van der Waals surface area contributed by atoms with Crippen LogP contribution in [0.5, 0.6) is 0 Å². The van der Waals surface area contributed by atoms with E-state index in [9.17, 15) is 15.0 Å². The highest BCUT2D eigenvalue weighted by atomic mass is 16.5. The summed E-state index contributed by atoms with van der Waals surface area (Å²) in [7, 11) is 1.49. The van der Waals surface area contributed by atoms with Crippen molar-refractivity contribution in [3.05, 3.63) is 0 Å². The Morgan fingerprint density at radius 3 is 2.34 bits per heavy atom. The first-order valence-corrected chi connectivity index (χ1v) is 12.2. The lowest BCUT2D eigenvalue weighted by atomic mass is 9.44. The number of rotatable bonds is 4. The third-order valence-corrected chi connectivity index (χ3v) is 10.5. The van der Waals surface area contributed by atoms with Gasteiger partial charge < -0.3 is 14.9 Å². The Bertz CT molecular complexity index is 620. The van der Waals surface area contributed by atoms with Crippen LogP contribution in [0, 0.1) is 46.3 Å². The summed E-state index contributed by atoms with van der Waals surface area (Å²) in [6.07, 6.45) is 9.74. The summed E-state index contributed by atoms with van der Waals surface area (Å²) in [5.41, 5.74) is 0.587. The van der Waals surface area contributed by atoms with Gasteiger partial charge >= 0.3 is 5.97 Å². The zero-order valence-electron chi connectivity index (χ0n) is 18.9. The third-order valence-electron chi connectivity index (χ3n) is 10.5. The van der Waals surface area contributed by atoms with E-state index < -0.39 is 12.2 Å². The van der Waals surface area contributed by atoms with Crippen molar-refractivity contribution in [2.45, 2.75) is 97.2 Å². The van der Waals surface area contributed by atoms with E-state index in [0.29, 0.717) is 29.6 Å². The molecule has 4 aliphatic rings. The number of hydrogen-bond acceptors (Lipinski definition) is 4. The predicted octanol–water partition coefficient (Wildman–Crippen LogP) is 4.57. The van der Waals surface area contributed by atoms with Crippen LogP contribution in [-0.4, -0.2) is 35.5 Å². The fraction of sp³-hybridized carbons (Fsp3) is 0.960. The monoisotopic (exact) mass is 406 g/mol. The Hall–Kier alpha value is -0.610. The molecule has 2 N–H and O–H groups in total. The normalized spacial score (nSPS) is 50.2. The number of aliphatic hydroxyl groups is 2. The molecule has 4 rings (SSSR count). The third kappa shape index (κ3) is 3.37. The van der Waals surface area contributed by atoms with Gasteiger partial charge in [0.15, 0.2) is 0 Å². The Balaban J connectivity index is 1.50. The van der Waals surface area contributed by atoms with Crippen molar-refractivity contribution < 1.29 is 19.7 Å². The smallest absolute Gasteiger partial charge is 0.305 e. The van der Waals surface area contributed by atoms with Gasteiger partial charge in [-0.1, -0.05) is 20.8 Å². The van der Waals surface area contributed by atoms with E-state index in [1.54, 1.807) is 0 Å². The van der Waals surface area contributed by atoms with Crippen molar-refractivity contribution in [3.8, 4) is 0 Å². The highest BCUT2D eigenvalue weighted by Gasteiger charge is 2.61. The molecule has 0 amide bonds. The van der Waals surface area contributed by atoms with E-state index in [1.807, 2.05) is 0 Å². The van der Waals surface area contributed by atoms with Gasteiger partial charge in [-0.15, -0.1) is 0 Å². The van der Waals surface area contributed by atoms with Crippen molar-refractivity contribution >= 4 is 5.97 Å². The Morgan fingerprint density at radius 1 is 0.966 bits per heavy atom. The predicted molar refractivity (Wildman–Crippen MR) is 113 cm³/mol. The van der Waals surface area contributed by atoms with E-state index in [0.717, 1.165) is 37.5 Å². The fourth-order valence-electron chi connectivity index (χ4n) is 8.94. The van der Waals surface area contributed by atoms with Gasteiger partial charge in [-0.05, 0) is 104 Å². The van der Waals surface area contributed by atoms with Crippen molar-refractivity contribution in [2.24, 2.45) is 46.3 Å². The molecule has 4 fully saturated rings. The van der Waals surface area contributed by atoms with Crippen LogP contribution in [0.4, 0.5) is 0 Å². The lowest BCUT2D eigenvalue weighted by molar-refractivity contribution is -0.174. The minimum atomic E-state index is -0.530. The standard InChI is InChI=1S/C25H42O4/c1-15(5-10-22(27)29-4)17-8-9-18-16-6-7-20-23(28)21(26)12-14-25(20,3)19(16)11-13-24(17,18)2/h15-21,23,26,28H,5-14H2,1-4H3/t15-,16+,17-,18+,19+,20-,21-,23-,24-,25-/m1/s1. The molecular formula is C25H42O4. The number of carbonyl (C=O) groups excluding carboxylic acids is 1. The van der Waals surface area contributed by atoms with Gasteiger partial charge in [0.2, 0.25) is 0 Å². The minimum Gasteiger partial charge on any atom is -0.469 e. The second kappa shape index (κ2) is 7.82. The maximum absolute atomic E-state index is 11.6. The van der Waals surface area contributed by atoms with Gasteiger partial charge in [-0.3, -0.25) is 4.79 Å². The SMILES string of the molecule is COC(=O)CC[C@@H](C)[C@H]1CC[C@H]2[C@@H]3CC[C@@H]4[C@@H](O)[C@H](O)CC[C@]4(C)[C@H]3CC[C@]12C. The van der Waals surface area contributed by atoms with E-state index in [1.165, 1.54) is 39.2 Å². The largest absolute Gasteiger partial charge is 0.469 e. The topological polar surface area (TPSA) is 66.8 Å². The van der Waals surface area contributed by atoms with Gasteiger partial charge in [0.05, 0.1) is 19.3 Å². The van der Waals surface area contributed by atoms with Crippen LogP contribution in [0.25, 0.3) is 0 Å². The summed E-state index contributed by atoms with van der Waals surface area (Å²) in [5.74, 6) is 3.73. The van der Waals surface area contributed by atoms with Gasteiger partial charge in [0.1, 0.15) is 0 Å². The first kappa shape index (κ1) is 21.6. The average molecular weight is 407 g/mol. The quantitative estimate of drug-likeness (QED) is 0.671. The number of hydrogen-bond donors (Lipinski definition) is 2.